The summed E-state index contributed by atoms with van der Waals surface area (Å²) >= 11 is 0. The second-order valence-electron chi connectivity index (χ2n) is 5.40. The van der Waals surface area contributed by atoms with Crippen molar-refractivity contribution in [3.05, 3.63) is 0 Å². The molecule has 0 spiro atoms. The van der Waals surface area contributed by atoms with E-state index in [1.54, 1.807) is 0 Å². The van der Waals surface area contributed by atoms with Gasteiger partial charge in [-0.3, -0.25) is 9.69 Å². The van der Waals surface area contributed by atoms with Crippen molar-refractivity contribution in [3.63, 3.8) is 0 Å². The molecule has 0 aromatic heterocycles. The van der Waals surface area contributed by atoms with Crippen LogP contribution in [0, 0.1) is 11.3 Å². The Morgan fingerprint density at radius 1 is 1.32 bits per heavy atom. The molecule has 0 aromatic rings. The molecule has 0 saturated carbocycles. The summed E-state index contributed by atoms with van der Waals surface area (Å²) in [5.74, 6) is 0.126. The minimum atomic E-state index is 0.0476. The number of amides is 1. The van der Waals surface area contributed by atoms with Crippen LogP contribution in [0.25, 0.3) is 0 Å². The molecule has 1 unspecified atom stereocenters. The lowest BCUT2D eigenvalue weighted by Crippen LogP contribution is -2.50. The van der Waals surface area contributed by atoms with Crippen LogP contribution < -0.4 is 5.32 Å². The lowest BCUT2D eigenvalue weighted by Gasteiger charge is -2.36. The number of piperazine rings is 1. The van der Waals surface area contributed by atoms with Crippen molar-refractivity contribution in [2.24, 2.45) is 0 Å². The minimum absolute atomic E-state index is 0.0476. The van der Waals surface area contributed by atoms with Gasteiger partial charge in [-0.1, -0.05) is 6.92 Å². The van der Waals surface area contributed by atoms with Crippen molar-refractivity contribution < 1.29 is 4.79 Å². The van der Waals surface area contributed by atoms with E-state index in [0.717, 1.165) is 39.1 Å². The van der Waals surface area contributed by atoms with Crippen molar-refractivity contribution in [1.29, 1.82) is 5.26 Å². The van der Waals surface area contributed by atoms with Crippen LogP contribution in [-0.4, -0.2) is 60.5 Å². The Morgan fingerprint density at radius 3 is 2.42 bits per heavy atom. The number of carbonyl (C=O) groups is 1. The Morgan fingerprint density at radius 2 is 1.95 bits per heavy atom. The van der Waals surface area contributed by atoms with E-state index in [4.69, 9.17) is 5.26 Å². The monoisotopic (exact) mass is 266 g/mol. The van der Waals surface area contributed by atoms with Crippen LogP contribution in [0.4, 0.5) is 0 Å². The molecular weight excluding hydrogens is 240 g/mol. The Kier molecular flexibility index (Phi) is 6.82. The fourth-order valence-corrected chi connectivity index (χ4v) is 2.38. The minimum Gasteiger partial charge on any atom is -0.354 e. The molecule has 1 fully saturated rings. The first kappa shape index (κ1) is 15.9. The number of nitrogens with zero attached hydrogens (tertiary/aromatic N) is 3. The molecule has 1 N–H and O–H groups in total. The molecule has 1 amide bonds. The zero-order valence-electron chi connectivity index (χ0n) is 12.4. The van der Waals surface area contributed by atoms with Crippen molar-refractivity contribution in [2.75, 3.05) is 32.7 Å². The molecule has 5 heteroatoms. The Balaban J connectivity index is 2.24. The van der Waals surface area contributed by atoms with Gasteiger partial charge in [0.15, 0.2) is 0 Å². The topological polar surface area (TPSA) is 59.4 Å². The Bertz CT molecular complexity index is 316. The van der Waals surface area contributed by atoms with Gasteiger partial charge >= 0.3 is 0 Å². The van der Waals surface area contributed by atoms with E-state index in [-0.39, 0.29) is 18.0 Å². The standard InChI is InChI=1S/C14H26N4O/c1-4-13(11-15)18-9-7-17(8-10-18)6-5-14(19)16-12(2)3/h12-13H,4-10H2,1-3H3,(H,16,19). The first-order valence-electron chi connectivity index (χ1n) is 7.22. The maximum absolute atomic E-state index is 11.6. The molecule has 0 aromatic carbocycles. The predicted octanol–water partition coefficient (Wildman–Crippen LogP) is 0.821. The molecule has 1 atom stereocenters. The van der Waals surface area contributed by atoms with Crippen LogP contribution in [0.15, 0.2) is 0 Å². The van der Waals surface area contributed by atoms with E-state index in [1.807, 2.05) is 13.8 Å². The van der Waals surface area contributed by atoms with Gasteiger partial charge in [-0.05, 0) is 20.3 Å². The highest BCUT2D eigenvalue weighted by atomic mass is 16.1. The largest absolute Gasteiger partial charge is 0.354 e. The lowest BCUT2D eigenvalue weighted by atomic mass is 10.2. The van der Waals surface area contributed by atoms with Crippen molar-refractivity contribution >= 4 is 5.91 Å². The molecule has 108 valence electrons. The van der Waals surface area contributed by atoms with Crippen LogP contribution >= 0.6 is 0 Å². The number of nitrogens with one attached hydrogen (secondary N) is 1. The third-order valence-corrected chi connectivity index (χ3v) is 3.49. The highest BCUT2D eigenvalue weighted by Gasteiger charge is 2.22. The van der Waals surface area contributed by atoms with E-state index in [9.17, 15) is 4.79 Å². The molecule has 1 aliphatic heterocycles. The summed E-state index contributed by atoms with van der Waals surface area (Å²) in [5.41, 5.74) is 0. The van der Waals surface area contributed by atoms with Crippen molar-refractivity contribution in [2.45, 2.75) is 45.7 Å². The number of carbonyl (C=O) groups excluding carboxylic acids is 1. The second-order valence-corrected chi connectivity index (χ2v) is 5.40. The van der Waals surface area contributed by atoms with Gasteiger partial charge in [0.05, 0.1) is 12.1 Å². The van der Waals surface area contributed by atoms with E-state index < -0.39 is 0 Å². The van der Waals surface area contributed by atoms with E-state index in [1.165, 1.54) is 0 Å². The lowest BCUT2D eigenvalue weighted by molar-refractivity contribution is -0.122. The predicted molar refractivity (Wildman–Crippen MR) is 75.6 cm³/mol. The summed E-state index contributed by atoms with van der Waals surface area (Å²) in [4.78, 5) is 16.1. The number of rotatable bonds is 6. The van der Waals surface area contributed by atoms with Crippen molar-refractivity contribution in [1.82, 2.24) is 15.1 Å². The number of hydrogen-bond acceptors (Lipinski definition) is 4. The average Bonchev–Trinajstić information content (AvgIpc) is 2.38. The molecule has 0 radical (unpaired) electrons. The quantitative estimate of drug-likeness (QED) is 0.773. The van der Waals surface area contributed by atoms with Gasteiger partial charge in [0.2, 0.25) is 5.91 Å². The first-order chi connectivity index (χ1) is 9.06. The summed E-state index contributed by atoms with van der Waals surface area (Å²) in [7, 11) is 0. The fourth-order valence-electron chi connectivity index (χ4n) is 2.38. The third-order valence-electron chi connectivity index (χ3n) is 3.49. The molecule has 0 bridgehead atoms. The summed E-state index contributed by atoms with van der Waals surface area (Å²) < 4.78 is 0. The number of hydrogen-bond donors (Lipinski definition) is 1. The van der Waals surface area contributed by atoms with Gasteiger partial charge in [0, 0.05) is 45.2 Å². The molecular formula is C14H26N4O. The van der Waals surface area contributed by atoms with Crippen LogP contribution in [0.3, 0.4) is 0 Å². The maximum Gasteiger partial charge on any atom is 0.221 e. The van der Waals surface area contributed by atoms with E-state index in [2.05, 4.69) is 28.1 Å². The number of nitriles is 1. The van der Waals surface area contributed by atoms with Crippen molar-refractivity contribution in [3.8, 4) is 6.07 Å². The zero-order chi connectivity index (χ0) is 14.3. The maximum atomic E-state index is 11.6. The Labute approximate surface area is 116 Å². The molecule has 1 rings (SSSR count). The van der Waals surface area contributed by atoms with Gasteiger partial charge in [0.1, 0.15) is 0 Å². The molecule has 5 nitrogen and oxygen atoms in total. The van der Waals surface area contributed by atoms with Gasteiger partial charge in [-0.15, -0.1) is 0 Å². The second kappa shape index (κ2) is 8.13. The molecule has 1 heterocycles. The average molecular weight is 266 g/mol. The van der Waals surface area contributed by atoms with Crippen LogP contribution in [0.5, 0.6) is 0 Å². The highest BCUT2D eigenvalue weighted by molar-refractivity contribution is 5.76. The zero-order valence-corrected chi connectivity index (χ0v) is 12.4. The van der Waals surface area contributed by atoms with Crippen LogP contribution in [-0.2, 0) is 4.79 Å². The summed E-state index contributed by atoms with van der Waals surface area (Å²) in [6.45, 7) is 10.6. The third kappa shape index (κ3) is 5.58. The fraction of sp³-hybridized carbons (Fsp3) is 0.857. The normalized spacial score (nSPS) is 19.1. The van der Waals surface area contributed by atoms with E-state index >= 15 is 0 Å². The van der Waals surface area contributed by atoms with Crippen LogP contribution in [0.1, 0.15) is 33.6 Å². The highest BCUT2D eigenvalue weighted by Crippen LogP contribution is 2.08. The van der Waals surface area contributed by atoms with Gasteiger partial charge < -0.3 is 10.2 Å². The van der Waals surface area contributed by atoms with E-state index in [0.29, 0.717) is 6.42 Å². The summed E-state index contributed by atoms with van der Waals surface area (Å²) in [6, 6.07) is 2.61. The smallest absolute Gasteiger partial charge is 0.221 e. The van der Waals surface area contributed by atoms with Gasteiger partial charge in [-0.2, -0.15) is 5.26 Å². The Hall–Kier alpha value is -1.12. The SMILES string of the molecule is CCC(C#N)N1CCN(CCC(=O)NC(C)C)CC1. The van der Waals surface area contributed by atoms with Gasteiger partial charge in [-0.25, -0.2) is 0 Å². The summed E-state index contributed by atoms with van der Waals surface area (Å²) in [6.07, 6.45) is 1.45. The molecule has 0 aliphatic carbocycles. The molecule has 19 heavy (non-hydrogen) atoms. The first-order valence-corrected chi connectivity index (χ1v) is 7.22. The molecule has 1 aliphatic rings. The molecule has 1 saturated heterocycles. The van der Waals surface area contributed by atoms with Gasteiger partial charge in [0.25, 0.3) is 0 Å². The van der Waals surface area contributed by atoms with Crippen LogP contribution in [0.2, 0.25) is 0 Å². The summed E-state index contributed by atoms with van der Waals surface area (Å²) in [5, 5.41) is 12.0.